The molecule has 2 aromatic carbocycles. The van der Waals surface area contributed by atoms with Crippen molar-refractivity contribution in [3.8, 4) is 11.5 Å². The molecule has 3 rings (SSSR count). The zero-order valence-corrected chi connectivity index (χ0v) is 16.7. The number of benzene rings is 2. The zero-order chi connectivity index (χ0) is 21.7. The number of amides is 1. The van der Waals surface area contributed by atoms with Gasteiger partial charge in [0.05, 0.1) is 10.5 Å². The van der Waals surface area contributed by atoms with Crippen LogP contribution in [0, 0.1) is 10.1 Å². The highest BCUT2D eigenvalue weighted by molar-refractivity contribution is 9.10. The summed E-state index contributed by atoms with van der Waals surface area (Å²) in [7, 11) is 0. The van der Waals surface area contributed by atoms with E-state index in [1.54, 1.807) is 30.3 Å². The molecule has 2 N–H and O–H groups in total. The number of nitrogens with one attached hydrogen (secondary N) is 1. The minimum atomic E-state index is -1.39. The van der Waals surface area contributed by atoms with Gasteiger partial charge in [-0.1, -0.05) is 24.3 Å². The maximum Gasteiger partial charge on any atom is 0.433 e. The molecule has 0 saturated carbocycles. The lowest BCUT2D eigenvalue weighted by Gasteiger charge is -2.08. The second kappa shape index (κ2) is 9.05. The highest BCUT2D eigenvalue weighted by atomic mass is 79.9. The number of carboxylic acids is 1. The molecule has 0 atom stereocenters. The van der Waals surface area contributed by atoms with Gasteiger partial charge in [-0.25, -0.2) is 4.79 Å². The van der Waals surface area contributed by atoms with Crippen LogP contribution in [0.25, 0.3) is 6.08 Å². The molecule has 10 heteroatoms. The number of halogens is 1. The molecule has 9 nitrogen and oxygen atoms in total. The van der Waals surface area contributed by atoms with Crippen LogP contribution in [0.3, 0.4) is 0 Å². The van der Waals surface area contributed by atoms with Gasteiger partial charge in [0.2, 0.25) is 0 Å². The third-order valence-electron chi connectivity index (χ3n) is 3.73. The molecule has 152 valence electrons. The Hall–Kier alpha value is -3.92. The SMILES string of the molecule is O=C(O)C(=Cc1ccc(Oc2ccccc2Br)cc1)NC(=O)c1ccc([N+](=O)[O-])o1. The van der Waals surface area contributed by atoms with Crippen LogP contribution in [-0.2, 0) is 4.79 Å². The predicted molar refractivity (Wildman–Crippen MR) is 109 cm³/mol. The van der Waals surface area contributed by atoms with Gasteiger partial charge in [-0.15, -0.1) is 0 Å². The highest BCUT2D eigenvalue weighted by Gasteiger charge is 2.20. The molecule has 0 aliphatic rings. The number of carbonyl (C=O) groups is 2. The van der Waals surface area contributed by atoms with E-state index < -0.39 is 28.4 Å². The molecule has 0 unspecified atom stereocenters. The zero-order valence-electron chi connectivity index (χ0n) is 15.1. The van der Waals surface area contributed by atoms with Crippen molar-refractivity contribution in [2.45, 2.75) is 0 Å². The van der Waals surface area contributed by atoms with Crippen LogP contribution in [0.2, 0.25) is 0 Å². The molecule has 0 aliphatic heterocycles. The van der Waals surface area contributed by atoms with Crippen LogP contribution in [0.4, 0.5) is 5.88 Å². The van der Waals surface area contributed by atoms with E-state index in [2.05, 4.69) is 21.2 Å². The fourth-order valence-corrected chi connectivity index (χ4v) is 2.70. The Morgan fingerprint density at radius 3 is 2.40 bits per heavy atom. The molecular weight excluding hydrogens is 460 g/mol. The van der Waals surface area contributed by atoms with Gasteiger partial charge < -0.3 is 19.6 Å². The second-order valence-electron chi connectivity index (χ2n) is 5.81. The first-order valence-corrected chi connectivity index (χ1v) is 9.16. The first kappa shape index (κ1) is 20.8. The normalized spacial score (nSPS) is 11.0. The van der Waals surface area contributed by atoms with Crippen molar-refractivity contribution >= 4 is 39.8 Å². The number of furan rings is 1. The number of carbonyl (C=O) groups excluding carboxylic acids is 1. The topological polar surface area (TPSA) is 132 Å². The molecule has 0 aliphatic carbocycles. The van der Waals surface area contributed by atoms with Crippen molar-refractivity contribution in [1.29, 1.82) is 0 Å². The van der Waals surface area contributed by atoms with Crippen LogP contribution in [0.5, 0.6) is 11.5 Å². The summed E-state index contributed by atoms with van der Waals surface area (Å²) >= 11 is 3.38. The number of hydrogen-bond acceptors (Lipinski definition) is 6. The molecule has 1 aromatic heterocycles. The minimum Gasteiger partial charge on any atom is -0.477 e. The number of nitro groups is 1. The standard InChI is InChI=1S/C20H13BrN2O7/c21-14-3-1-2-4-16(14)29-13-7-5-12(6-8-13)11-15(20(25)26)22-19(24)17-9-10-18(30-17)23(27)28/h1-11H,(H,22,24)(H,25,26). The number of hydrogen-bond donors (Lipinski definition) is 2. The third kappa shape index (κ3) is 5.11. The lowest BCUT2D eigenvalue weighted by molar-refractivity contribution is -0.402. The van der Waals surface area contributed by atoms with Gasteiger partial charge in [0.15, 0.2) is 5.76 Å². The molecule has 0 saturated heterocycles. The molecule has 1 amide bonds. The molecule has 1 heterocycles. The molecular formula is C20H13BrN2O7. The van der Waals surface area contributed by atoms with Gasteiger partial charge in [0, 0.05) is 0 Å². The average molecular weight is 473 g/mol. The fourth-order valence-electron chi connectivity index (χ4n) is 2.34. The van der Waals surface area contributed by atoms with E-state index in [0.717, 1.165) is 16.6 Å². The third-order valence-corrected chi connectivity index (χ3v) is 4.38. The Kier molecular flexibility index (Phi) is 6.28. The minimum absolute atomic E-state index is 0.383. The summed E-state index contributed by atoms with van der Waals surface area (Å²) in [6.07, 6.45) is 1.24. The van der Waals surface area contributed by atoms with Gasteiger partial charge in [-0.05, 0) is 57.9 Å². The number of rotatable bonds is 7. The number of aliphatic carboxylic acids is 1. The van der Waals surface area contributed by atoms with Gasteiger partial charge in [0.25, 0.3) is 5.91 Å². The summed E-state index contributed by atoms with van der Waals surface area (Å²) in [5.41, 5.74) is 0.0520. The number of nitrogens with zero attached hydrogens (tertiary/aromatic N) is 1. The van der Waals surface area contributed by atoms with E-state index in [4.69, 9.17) is 9.15 Å². The van der Waals surface area contributed by atoms with E-state index in [-0.39, 0.29) is 5.76 Å². The maximum atomic E-state index is 12.1. The predicted octanol–water partition coefficient (Wildman–Crippen LogP) is 4.60. The summed E-state index contributed by atoms with van der Waals surface area (Å²) in [6, 6.07) is 15.9. The fraction of sp³-hybridized carbons (Fsp3) is 0. The van der Waals surface area contributed by atoms with E-state index in [1.165, 1.54) is 6.08 Å². The smallest absolute Gasteiger partial charge is 0.433 e. The van der Waals surface area contributed by atoms with Crippen LogP contribution in [0.1, 0.15) is 16.1 Å². The Bertz CT molecular complexity index is 1140. The average Bonchev–Trinajstić information content (AvgIpc) is 3.21. The Balaban J connectivity index is 1.74. The van der Waals surface area contributed by atoms with Gasteiger partial charge in [-0.3, -0.25) is 14.9 Å². The summed E-state index contributed by atoms with van der Waals surface area (Å²) in [5, 5.41) is 22.1. The molecule has 30 heavy (non-hydrogen) atoms. The van der Waals surface area contributed by atoms with Crippen LogP contribution in [-0.4, -0.2) is 21.9 Å². The van der Waals surface area contributed by atoms with Crippen molar-refractivity contribution in [2.75, 3.05) is 0 Å². The molecule has 0 radical (unpaired) electrons. The van der Waals surface area contributed by atoms with Crippen molar-refractivity contribution in [3.63, 3.8) is 0 Å². The van der Waals surface area contributed by atoms with Crippen LogP contribution < -0.4 is 10.1 Å². The largest absolute Gasteiger partial charge is 0.477 e. The van der Waals surface area contributed by atoms with Crippen molar-refractivity contribution in [3.05, 3.63) is 92.3 Å². The molecule has 3 aromatic rings. The Morgan fingerprint density at radius 2 is 1.80 bits per heavy atom. The molecule has 0 fully saturated rings. The highest BCUT2D eigenvalue weighted by Crippen LogP contribution is 2.29. The van der Waals surface area contributed by atoms with E-state index in [0.29, 0.717) is 17.1 Å². The van der Waals surface area contributed by atoms with Crippen LogP contribution >= 0.6 is 15.9 Å². The van der Waals surface area contributed by atoms with Crippen molar-refractivity contribution in [2.24, 2.45) is 0 Å². The lowest BCUT2D eigenvalue weighted by Crippen LogP contribution is -2.26. The van der Waals surface area contributed by atoms with Crippen molar-refractivity contribution in [1.82, 2.24) is 5.32 Å². The Morgan fingerprint density at radius 1 is 1.10 bits per heavy atom. The summed E-state index contributed by atoms with van der Waals surface area (Å²) in [4.78, 5) is 33.4. The summed E-state index contributed by atoms with van der Waals surface area (Å²) in [5.74, 6) is -2.18. The molecule has 0 spiro atoms. The lowest BCUT2D eigenvalue weighted by atomic mass is 10.2. The first-order valence-electron chi connectivity index (χ1n) is 8.36. The number of carboxylic acid groups (broad SMARTS) is 1. The number of para-hydroxylation sites is 1. The quantitative estimate of drug-likeness (QED) is 0.291. The van der Waals surface area contributed by atoms with Gasteiger partial charge in [0.1, 0.15) is 22.1 Å². The Labute approximate surface area is 177 Å². The summed E-state index contributed by atoms with van der Waals surface area (Å²) in [6.45, 7) is 0. The van der Waals surface area contributed by atoms with Gasteiger partial charge >= 0.3 is 11.9 Å². The maximum absolute atomic E-state index is 12.1. The molecule has 0 bridgehead atoms. The van der Waals surface area contributed by atoms with E-state index in [1.807, 2.05) is 18.2 Å². The second-order valence-corrected chi connectivity index (χ2v) is 6.67. The summed E-state index contributed by atoms with van der Waals surface area (Å²) < 4.78 is 11.3. The first-order chi connectivity index (χ1) is 14.3. The van der Waals surface area contributed by atoms with Gasteiger partial charge in [-0.2, -0.15) is 0 Å². The van der Waals surface area contributed by atoms with Crippen molar-refractivity contribution < 1.29 is 28.8 Å². The monoisotopic (exact) mass is 472 g/mol. The van der Waals surface area contributed by atoms with E-state index in [9.17, 15) is 24.8 Å². The van der Waals surface area contributed by atoms with Crippen LogP contribution in [0.15, 0.2) is 75.3 Å². The van der Waals surface area contributed by atoms with E-state index >= 15 is 0 Å². The number of ether oxygens (including phenoxy) is 1.